The molecular formula is C25H34N6O. The fourth-order valence-corrected chi connectivity index (χ4v) is 4.34. The molecule has 7 nitrogen and oxygen atoms in total. The van der Waals surface area contributed by atoms with Crippen molar-refractivity contribution >= 4 is 17.6 Å². The predicted molar refractivity (Wildman–Crippen MR) is 130 cm³/mol. The molecule has 1 unspecified atom stereocenters. The fraction of sp³-hybridized carbons (Fsp3) is 0.440. The maximum atomic E-state index is 12.0. The monoisotopic (exact) mass is 434 g/mol. The van der Waals surface area contributed by atoms with Crippen LogP contribution in [0.4, 0.5) is 5.69 Å². The molecule has 2 aliphatic heterocycles. The first kappa shape index (κ1) is 22.3. The maximum absolute atomic E-state index is 12.0. The van der Waals surface area contributed by atoms with Gasteiger partial charge in [-0.2, -0.15) is 0 Å². The van der Waals surface area contributed by atoms with Crippen molar-refractivity contribution in [2.24, 2.45) is 4.99 Å². The summed E-state index contributed by atoms with van der Waals surface area (Å²) in [6.45, 7) is 6.94. The van der Waals surface area contributed by atoms with E-state index in [4.69, 9.17) is 0 Å². The summed E-state index contributed by atoms with van der Waals surface area (Å²) in [6, 6.07) is 16.8. The lowest BCUT2D eigenvalue weighted by atomic mass is 9.90. The second-order valence-corrected chi connectivity index (χ2v) is 8.74. The summed E-state index contributed by atoms with van der Waals surface area (Å²) in [5.74, 6) is 0.942. The maximum Gasteiger partial charge on any atom is 0.225 e. The van der Waals surface area contributed by atoms with Crippen LogP contribution in [0.25, 0.3) is 0 Å². The average Bonchev–Trinajstić information content (AvgIpc) is 2.81. The molecule has 0 saturated carbocycles. The number of hydrogen-bond donors (Lipinski definition) is 3. The third-order valence-electron chi connectivity index (χ3n) is 6.33. The minimum Gasteiger partial charge on any atom is -0.356 e. The number of nitrogens with one attached hydrogen (secondary N) is 3. The van der Waals surface area contributed by atoms with E-state index in [0.29, 0.717) is 19.5 Å². The predicted octanol–water partition coefficient (Wildman–Crippen LogP) is 2.23. The Hall–Kier alpha value is -2.90. The number of nitrogens with zero attached hydrogens (tertiary/aromatic N) is 3. The molecule has 0 spiro atoms. The van der Waals surface area contributed by atoms with Gasteiger partial charge in [0.2, 0.25) is 5.91 Å². The average molecular weight is 435 g/mol. The number of piperazine rings is 1. The highest BCUT2D eigenvalue weighted by molar-refractivity contribution is 5.94. The van der Waals surface area contributed by atoms with E-state index in [2.05, 4.69) is 68.1 Å². The van der Waals surface area contributed by atoms with Crippen LogP contribution in [0.3, 0.4) is 0 Å². The van der Waals surface area contributed by atoms with Gasteiger partial charge in [-0.1, -0.05) is 42.5 Å². The molecule has 1 atom stereocenters. The number of aliphatic imine (C=N–C) groups is 1. The van der Waals surface area contributed by atoms with E-state index in [0.717, 1.165) is 44.4 Å². The molecule has 0 aromatic heterocycles. The van der Waals surface area contributed by atoms with Gasteiger partial charge in [0.15, 0.2) is 5.96 Å². The van der Waals surface area contributed by atoms with Crippen LogP contribution in [0.2, 0.25) is 0 Å². The molecule has 2 aromatic rings. The molecule has 170 valence electrons. The van der Waals surface area contributed by atoms with Crippen LogP contribution in [0.1, 0.15) is 29.0 Å². The lowest BCUT2D eigenvalue weighted by Gasteiger charge is -2.32. The molecule has 1 saturated heterocycles. The van der Waals surface area contributed by atoms with E-state index in [-0.39, 0.29) is 11.8 Å². The molecule has 4 rings (SSSR count). The van der Waals surface area contributed by atoms with Crippen LogP contribution in [0.5, 0.6) is 0 Å². The SMILES string of the molecule is CN=C(NCc1ccc(CN2CCN(C)CC2)cc1)NCC1CC(=O)Nc2ccccc21. The van der Waals surface area contributed by atoms with E-state index < -0.39 is 0 Å². The first-order valence-electron chi connectivity index (χ1n) is 11.4. The van der Waals surface area contributed by atoms with Crippen molar-refractivity contribution in [2.45, 2.75) is 25.4 Å². The summed E-state index contributed by atoms with van der Waals surface area (Å²) < 4.78 is 0. The molecule has 0 radical (unpaired) electrons. The highest BCUT2D eigenvalue weighted by Crippen LogP contribution is 2.31. The Bertz CT molecular complexity index is 934. The lowest BCUT2D eigenvalue weighted by molar-refractivity contribution is -0.116. The Balaban J connectivity index is 1.25. The minimum atomic E-state index is 0.0649. The van der Waals surface area contributed by atoms with Gasteiger partial charge in [-0.3, -0.25) is 14.7 Å². The van der Waals surface area contributed by atoms with Crippen molar-refractivity contribution in [3.05, 3.63) is 65.2 Å². The molecule has 1 amide bonds. The second-order valence-electron chi connectivity index (χ2n) is 8.74. The summed E-state index contributed by atoms with van der Waals surface area (Å²) in [5.41, 5.74) is 4.66. The van der Waals surface area contributed by atoms with Gasteiger partial charge in [0, 0.05) is 70.9 Å². The molecule has 0 aliphatic carbocycles. The summed E-state index contributed by atoms with van der Waals surface area (Å²) in [7, 11) is 3.96. The van der Waals surface area contributed by atoms with Crippen LogP contribution in [-0.4, -0.2) is 68.5 Å². The highest BCUT2D eigenvalue weighted by Gasteiger charge is 2.24. The normalized spacial score (nSPS) is 19.9. The molecule has 2 heterocycles. The zero-order valence-electron chi connectivity index (χ0n) is 19.1. The van der Waals surface area contributed by atoms with Gasteiger partial charge in [-0.25, -0.2) is 0 Å². The standard InChI is InChI=1S/C25H34N6O/c1-26-25(28-17-21-15-24(32)29-23-6-4-3-5-22(21)23)27-16-19-7-9-20(10-8-19)18-31-13-11-30(2)12-14-31/h3-10,21H,11-18H2,1-2H3,(H,29,32)(H2,26,27,28). The van der Waals surface area contributed by atoms with E-state index in [1.807, 2.05) is 18.2 Å². The largest absolute Gasteiger partial charge is 0.356 e. The Morgan fingerprint density at radius 2 is 1.75 bits per heavy atom. The first-order valence-corrected chi connectivity index (χ1v) is 11.4. The number of fused-ring (bicyclic) bond motifs is 1. The number of benzene rings is 2. The topological polar surface area (TPSA) is 72.0 Å². The number of rotatable bonds is 6. The quantitative estimate of drug-likeness (QED) is 0.480. The van der Waals surface area contributed by atoms with Crippen LogP contribution in [0.15, 0.2) is 53.5 Å². The first-order chi connectivity index (χ1) is 15.6. The molecule has 1 fully saturated rings. The summed E-state index contributed by atoms with van der Waals surface area (Å²) in [5, 5.41) is 9.73. The summed E-state index contributed by atoms with van der Waals surface area (Å²) in [6.07, 6.45) is 0.482. The van der Waals surface area contributed by atoms with Gasteiger partial charge >= 0.3 is 0 Å². The smallest absolute Gasteiger partial charge is 0.225 e. The second kappa shape index (κ2) is 10.6. The van der Waals surface area contributed by atoms with E-state index in [1.165, 1.54) is 16.7 Å². The number of likely N-dealkylation sites (N-methyl/N-ethyl adjacent to an activating group) is 1. The van der Waals surface area contributed by atoms with Gasteiger partial charge in [-0.05, 0) is 29.8 Å². The Labute approximate surface area is 190 Å². The van der Waals surface area contributed by atoms with Crippen LogP contribution in [-0.2, 0) is 17.9 Å². The third kappa shape index (κ3) is 5.87. The van der Waals surface area contributed by atoms with Crippen molar-refractivity contribution in [3.63, 3.8) is 0 Å². The minimum absolute atomic E-state index is 0.0649. The van der Waals surface area contributed by atoms with Crippen molar-refractivity contribution in [1.29, 1.82) is 0 Å². The van der Waals surface area contributed by atoms with Crippen molar-refractivity contribution in [1.82, 2.24) is 20.4 Å². The molecule has 2 aromatic carbocycles. The number of para-hydroxylation sites is 1. The molecule has 0 bridgehead atoms. The third-order valence-corrected chi connectivity index (χ3v) is 6.33. The number of guanidine groups is 1. The van der Waals surface area contributed by atoms with E-state index in [1.54, 1.807) is 7.05 Å². The van der Waals surface area contributed by atoms with Gasteiger partial charge < -0.3 is 20.9 Å². The number of anilines is 1. The van der Waals surface area contributed by atoms with E-state index >= 15 is 0 Å². The van der Waals surface area contributed by atoms with Crippen molar-refractivity contribution < 1.29 is 4.79 Å². The molecule has 32 heavy (non-hydrogen) atoms. The van der Waals surface area contributed by atoms with Gasteiger partial charge in [0.25, 0.3) is 0 Å². The molecule has 3 N–H and O–H groups in total. The number of carbonyl (C=O) groups excluding carboxylic acids is 1. The van der Waals surface area contributed by atoms with E-state index in [9.17, 15) is 4.79 Å². The summed E-state index contributed by atoms with van der Waals surface area (Å²) in [4.78, 5) is 21.3. The molecular weight excluding hydrogens is 400 g/mol. The van der Waals surface area contributed by atoms with Crippen LogP contribution < -0.4 is 16.0 Å². The van der Waals surface area contributed by atoms with Gasteiger partial charge in [0.05, 0.1) is 0 Å². The van der Waals surface area contributed by atoms with Gasteiger partial charge in [0.1, 0.15) is 0 Å². The zero-order valence-corrected chi connectivity index (χ0v) is 19.1. The highest BCUT2D eigenvalue weighted by atomic mass is 16.1. The Kier molecular flexibility index (Phi) is 7.39. The summed E-state index contributed by atoms with van der Waals surface area (Å²) >= 11 is 0. The number of amides is 1. The number of hydrogen-bond acceptors (Lipinski definition) is 4. The fourth-order valence-electron chi connectivity index (χ4n) is 4.34. The van der Waals surface area contributed by atoms with Crippen LogP contribution >= 0.6 is 0 Å². The Morgan fingerprint density at radius 3 is 2.50 bits per heavy atom. The Morgan fingerprint density at radius 1 is 1.03 bits per heavy atom. The molecule has 2 aliphatic rings. The zero-order chi connectivity index (χ0) is 22.3. The van der Waals surface area contributed by atoms with Crippen molar-refractivity contribution in [3.8, 4) is 0 Å². The lowest BCUT2D eigenvalue weighted by Crippen LogP contribution is -2.43. The van der Waals surface area contributed by atoms with Gasteiger partial charge in [-0.15, -0.1) is 0 Å². The van der Waals surface area contributed by atoms with Crippen LogP contribution in [0, 0.1) is 0 Å². The molecule has 7 heteroatoms. The van der Waals surface area contributed by atoms with Crippen molar-refractivity contribution in [2.75, 3.05) is 52.1 Å². The number of carbonyl (C=O) groups is 1.